The lowest BCUT2D eigenvalue weighted by Crippen LogP contribution is -2.56. The van der Waals surface area contributed by atoms with Gasteiger partial charge in [-0.1, -0.05) is 44.2 Å². The predicted molar refractivity (Wildman–Crippen MR) is 121 cm³/mol. The lowest BCUT2D eigenvalue weighted by Gasteiger charge is -2.25. The second kappa shape index (κ2) is 14.5. The zero-order valence-corrected chi connectivity index (χ0v) is 19.4. The molecule has 0 saturated heterocycles. The van der Waals surface area contributed by atoms with Gasteiger partial charge in [0, 0.05) is 6.42 Å². The molecule has 1 rings (SSSR count). The first-order chi connectivity index (χ1) is 14.8. The molecule has 1 aromatic carbocycles. The topological polar surface area (TPSA) is 114 Å². The first-order valence-corrected chi connectivity index (χ1v) is 11.6. The number of thioether (sulfide) groups is 1. The molecular formula is C22H33N3O5S. The van der Waals surface area contributed by atoms with E-state index in [1.54, 1.807) is 11.8 Å². The molecule has 1 aromatic rings. The number of carbonyl (C=O) groups excluding carboxylic acids is 4. The van der Waals surface area contributed by atoms with Crippen LogP contribution in [0.2, 0.25) is 0 Å². The Morgan fingerprint density at radius 3 is 2.19 bits per heavy atom. The van der Waals surface area contributed by atoms with E-state index in [1.807, 2.05) is 50.4 Å². The van der Waals surface area contributed by atoms with Crippen LogP contribution in [0.25, 0.3) is 0 Å². The van der Waals surface area contributed by atoms with Gasteiger partial charge in [-0.15, -0.1) is 0 Å². The summed E-state index contributed by atoms with van der Waals surface area (Å²) in [4.78, 5) is 48.8. The first-order valence-electron chi connectivity index (χ1n) is 10.2. The van der Waals surface area contributed by atoms with Gasteiger partial charge in [0.25, 0.3) is 0 Å². The molecule has 3 amide bonds. The van der Waals surface area contributed by atoms with Crippen LogP contribution in [0.15, 0.2) is 30.3 Å². The highest BCUT2D eigenvalue weighted by Crippen LogP contribution is 2.09. The van der Waals surface area contributed by atoms with Crippen molar-refractivity contribution in [3.05, 3.63) is 35.9 Å². The summed E-state index contributed by atoms with van der Waals surface area (Å²) in [6, 6.07) is 6.82. The van der Waals surface area contributed by atoms with Crippen molar-refractivity contribution in [3.63, 3.8) is 0 Å². The van der Waals surface area contributed by atoms with E-state index in [-0.39, 0.29) is 12.3 Å². The zero-order chi connectivity index (χ0) is 23.2. The summed E-state index contributed by atoms with van der Waals surface area (Å²) < 4.78 is 4.85. The minimum absolute atomic E-state index is 0.116. The van der Waals surface area contributed by atoms with Crippen LogP contribution >= 0.6 is 11.8 Å². The molecular weight excluding hydrogens is 418 g/mol. The molecule has 0 spiro atoms. The minimum Gasteiger partial charge on any atom is -0.467 e. The summed E-state index contributed by atoms with van der Waals surface area (Å²) in [5.74, 6) is -0.665. The Hall–Kier alpha value is -2.55. The van der Waals surface area contributed by atoms with E-state index >= 15 is 0 Å². The van der Waals surface area contributed by atoms with E-state index in [9.17, 15) is 19.2 Å². The fourth-order valence-corrected chi connectivity index (χ4v) is 3.51. The SMILES string of the molecule is COC(=O)[C@H](Cc1ccccc1)NC(=O)[C@@H](CC(C)C)NC(=O)[C@H](CCSC)NC=O. The van der Waals surface area contributed by atoms with E-state index < -0.39 is 35.9 Å². The summed E-state index contributed by atoms with van der Waals surface area (Å²) in [5, 5.41) is 7.96. The number of nitrogens with one attached hydrogen (secondary N) is 3. The van der Waals surface area contributed by atoms with Gasteiger partial charge in [-0.05, 0) is 36.3 Å². The van der Waals surface area contributed by atoms with Gasteiger partial charge in [-0.25, -0.2) is 4.79 Å². The normalized spacial score (nSPS) is 13.6. The number of benzene rings is 1. The average molecular weight is 452 g/mol. The van der Waals surface area contributed by atoms with Gasteiger partial charge < -0.3 is 20.7 Å². The third kappa shape index (κ3) is 9.87. The lowest BCUT2D eigenvalue weighted by molar-refractivity contribution is -0.145. The zero-order valence-electron chi connectivity index (χ0n) is 18.6. The van der Waals surface area contributed by atoms with E-state index in [2.05, 4.69) is 16.0 Å². The first kappa shape index (κ1) is 26.5. The van der Waals surface area contributed by atoms with Crippen LogP contribution in [0.1, 0.15) is 32.3 Å². The molecule has 0 aliphatic heterocycles. The molecule has 3 N–H and O–H groups in total. The van der Waals surface area contributed by atoms with Crippen LogP contribution in [0.4, 0.5) is 0 Å². The second-order valence-electron chi connectivity index (χ2n) is 7.58. The molecule has 0 unspecified atom stereocenters. The Labute approximate surface area is 188 Å². The standard InChI is InChI=1S/C22H33N3O5S/c1-15(2)12-18(24-20(27)17(23-14-26)10-11-31-4)21(28)25-19(22(29)30-3)13-16-8-6-5-7-9-16/h5-9,14-15,17-19H,10-13H2,1-4H3,(H,23,26)(H,24,27)(H,25,28)/t17-,18+,19-/m0/s1. The fraction of sp³-hybridized carbons (Fsp3) is 0.545. The number of hydrogen-bond donors (Lipinski definition) is 3. The molecule has 9 heteroatoms. The highest BCUT2D eigenvalue weighted by molar-refractivity contribution is 7.98. The van der Waals surface area contributed by atoms with Crippen molar-refractivity contribution in [2.24, 2.45) is 5.92 Å². The van der Waals surface area contributed by atoms with Gasteiger partial charge in [0.1, 0.15) is 18.1 Å². The van der Waals surface area contributed by atoms with Crippen molar-refractivity contribution in [3.8, 4) is 0 Å². The quantitative estimate of drug-likeness (QED) is 0.290. The van der Waals surface area contributed by atoms with Crippen molar-refractivity contribution < 1.29 is 23.9 Å². The highest BCUT2D eigenvalue weighted by Gasteiger charge is 2.29. The summed E-state index contributed by atoms with van der Waals surface area (Å²) in [7, 11) is 1.27. The van der Waals surface area contributed by atoms with Gasteiger partial charge in [-0.3, -0.25) is 14.4 Å². The number of amides is 3. The summed E-state index contributed by atoms with van der Waals surface area (Å²) in [6.45, 7) is 3.87. The van der Waals surface area contributed by atoms with Crippen molar-refractivity contribution in [2.75, 3.05) is 19.1 Å². The third-order valence-electron chi connectivity index (χ3n) is 4.62. The summed E-state index contributed by atoms with van der Waals surface area (Å²) in [6.07, 6.45) is 3.48. The maximum Gasteiger partial charge on any atom is 0.328 e. The van der Waals surface area contributed by atoms with Crippen LogP contribution in [0.5, 0.6) is 0 Å². The van der Waals surface area contributed by atoms with Gasteiger partial charge >= 0.3 is 5.97 Å². The highest BCUT2D eigenvalue weighted by atomic mass is 32.2. The molecule has 0 aliphatic rings. The number of rotatable bonds is 14. The molecule has 0 saturated carbocycles. The van der Waals surface area contributed by atoms with Crippen LogP contribution < -0.4 is 16.0 Å². The number of carbonyl (C=O) groups is 4. The number of methoxy groups -OCH3 is 1. The predicted octanol–water partition coefficient (Wildman–Crippen LogP) is 1.29. The van der Waals surface area contributed by atoms with E-state index in [4.69, 9.17) is 4.74 Å². The van der Waals surface area contributed by atoms with Crippen LogP contribution in [0, 0.1) is 5.92 Å². The fourth-order valence-electron chi connectivity index (χ4n) is 3.04. The summed E-state index contributed by atoms with van der Waals surface area (Å²) in [5.41, 5.74) is 0.870. The van der Waals surface area contributed by atoms with E-state index in [0.29, 0.717) is 25.0 Å². The molecule has 0 bridgehead atoms. The van der Waals surface area contributed by atoms with E-state index in [1.165, 1.54) is 7.11 Å². The van der Waals surface area contributed by atoms with Crippen molar-refractivity contribution >= 4 is 36.0 Å². The number of hydrogen-bond acceptors (Lipinski definition) is 6. The molecule has 0 heterocycles. The van der Waals surface area contributed by atoms with Crippen LogP contribution in [-0.4, -0.2) is 61.4 Å². The molecule has 0 aliphatic carbocycles. The van der Waals surface area contributed by atoms with Gasteiger partial charge in [0.15, 0.2) is 0 Å². The van der Waals surface area contributed by atoms with Crippen LogP contribution in [0.3, 0.4) is 0 Å². The van der Waals surface area contributed by atoms with Gasteiger partial charge in [-0.2, -0.15) is 11.8 Å². The molecule has 172 valence electrons. The molecule has 0 aromatic heterocycles. The molecule has 3 atom stereocenters. The second-order valence-corrected chi connectivity index (χ2v) is 8.57. The Balaban J connectivity index is 2.93. The number of esters is 1. The molecule has 0 radical (unpaired) electrons. The third-order valence-corrected chi connectivity index (χ3v) is 5.27. The summed E-state index contributed by atoms with van der Waals surface area (Å²) >= 11 is 1.56. The molecule has 8 nitrogen and oxygen atoms in total. The average Bonchev–Trinajstić information content (AvgIpc) is 2.75. The molecule has 0 fully saturated rings. The Morgan fingerprint density at radius 2 is 1.65 bits per heavy atom. The largest absolute Gasteiger partial charge is 0.467 e. The van der Waals surface area contributed by atoms with Crippen molar-refractivity contribution in [1.29, 1.82) is 0 Å². The monoisotopic (exact) mass is 451 g/mol. The Kier molecular flexibility index (Phi) is 12.3. The Morgan fingerprint density at radius 1 is 1.03 bits per heavy atom. The lowest BCUT2D eigenvalue weighted by atomic mass is 10.0. The van der Waals surface area contributed by atoms with Gasteiger partial charge in [0.2, 0.25) is 18.2 Å². The minimum atomic E-state index is -0.883. The van der Waals surface area contributed by atoms with Crippen molar-refractivity contribution in [2.45, 2.75) is 51.2 Å². The Bertz CT molecular complexity index is 714. The molecule has 31 heavy (non-hydrogen) atoms. The smallest absolute Gasteiger partial charge is 0.328 e. The van der Waals surface area contributed by atoms with Crippen LogP contribution in [-0.2, 0) is 30.3 Å². The number of ether oxygens (including phenoxy) is 1. The van der Waals surface area contributed by atoms with E-state index in [0.717, 1.165) is 5.56 Å². The maximum atomic E-state index is 13.0. The van der Waals surface area contributed by atoms with Gasteiger partial charge in [0.05, 0.1) is 7.11 Å². The maximum absolute atomic E-state index is 13.0. The van der Waals surface area contributed by atoms with Crippen molar-refractivity contribution in [1.82, 2.24) is 16.0 Å².